The highest BCUT2D eigenvalue weighted by molar-refractivity contribution is 7.89. The van der Waals surface area contributed by atoms with Gasteiger partial charge in [-0.1, -0.05) is 32.9 Å². The average molecular weight is 367 g/mol. The molecule has 10 heteroatoms. The highest BCUT2D eigenvalue weighted by Crippen LogP contribution is 2.23. The molecule has 3 N–H and O–H groups in total. The highest BCUT2D eigenvalue weighted by Gasteiger charge is 2.26. The van der Waals surface area contributed by atoms with Crippen molar-refractivity contribution in [1.29, 1.82) is 0 Å². The second-order valence-electron chi connectivity index (χ2n) is 6.48. The zero-order valence-corrected chi connectivity index (χ0v) is 15.0. The molecule has 0 saturated carbocycles. The first-order valence-corrected chi connectivity index (χ1v) is 9.01. The Morgan fingerprint density at radius 3 is 2.24 bits per heavy atom. The third-order valence-electron chi connectivity index (χ3n) is 3.49. The molecular weight excluding hydrogens is 346 g/mol. The SMILES string of the molecule is CC(C)(C)c1ccc(S(=O)(=O)NC(CO)C(=O)Nn2cnnc2)cc1. The number of nitrogens with one attached hydrogen (secondary N) is 2. The molecule has 1 unspecified atom stereocenters. The van der Waals surface area contributed by atoms with Crippen molar-refractivity contribution in [2.45, 2.75) is 37.1 Å². The van der Waals surface area contributed by atoms with Gasteiger partial charge in [0.1, 0.15) is 18.7 Å². The van der Waals surface area contributed by atoms with Crippen LogP contribution in [0.2, 0.25) is 0 Å². The molecule has 1 heterocycles. The number of hydrogen-bond acceptors (Lipinski definition) is 6. The van der Waals surface area contributed by atoms with E-state index >= 15 is 0 Å². The van der Waals surface area contributed by atoms with Crippen LogP contribution in [0.25, 0.3) is 0 Å². The minimum Gasteiger partial charge on any atom is -0.394 e. The summed E-state index contributed by atoms with van der Waals surface area (Å²) in [5, 5.41) is 16.4. The Kier molecular flexibility index (Phi) is 5.55. The number of aromatic nitrogens is 3. The molecule has 1 atom stereocenters. The summed E-state index contributed by atoms with van der Waals surface area (Å²) in [4.78, 5) is 12.1. The molecule has 1 amide bonds. The molecule has 0 aliphatic carbocycles. The van der Waals surface area contributed by atoms with Crippen molar-refractivity contribution in [3.05, 3.63) is 42.5 Å². The van der Waals surface area contributed by atoms with Crippen molar-refractivity contribution in [2.24, 2.45) is 0 Å². The van der Waals surface area contributed by atoms with E-state index in [0.717, 1.165) is 10.2 Å². The quantitative estimate of drug-likeness (QED) is 0.659. The molecule has 1 aromatic heterocycles. The maximum absolute atomic E-state index is 12.4. The lowest BCUT2D eigenvalue weighted by molar-refractivity contribution is -0.119. The number of aliphatic hydroxyl groups excluding tert-OH is 1. The molecule has 0 bridgehead atoms. The van der Waals surface area contributed by atoms with Crippen molar-refractivity contribution >= 4 is 15.9 Å². The third-order valence-corrected chi connectivity index (χ3v) is 4.97. The van der Waals surface area contributed by atoms with Crippen molar-refractivity contribution in [3.8, 4) is 0 Å². The van der Waals surface area contributed by atoms with E-state index in [4.69, 9.17) is 0 Å². The number of rotatable bonds is 6. The maximum atomic E-state index is 12.4. The first kappa shape index (κ1) is 19.0. The lowest BCUT2D eigenvalue weighted by Crippen LogP contribution is -2.47. The van der Waals surface area contributed by atoms with E-state index in [1.165, 1.54) is 24.8 Å². The summed E-state index contributed by atoms with van der Waals surface area (Å²) < 4.78 is 28.2. The van der Waals surface area contributed by atoms with Gasteiger partial charge in [-0.3, -0.25) is 10.2 Å². The zero-order valence-electron chi connectivity index (χ0n) is 14.2. The number of amides is 1. The molecule has 136 valence electrons. The molecule has 0 aliphatic rings. The molecule has 2 rings (SSSR count). The van der Waals surface area contributed by atoms with E-state index in [1.807, 2.05) is 20.8 Å². The van der Waals surface area contributed by atoms with Gasteiger partial charge in [0.25, 0.3) is 5.91 Å². The Bertz CT molecular complexity index is 811. The fourth-order valence-electron chi connectivity index (χ4n) is 2.03. The molecule has 2 aromatic rings. The van der Waals surface area contributed by atoms with Gasteiger partial charge in [-0.2, -0.15) is 4.72 Å². The summed E-state index contributed by atoms with van der Waals surface area (Å²) in [6, 6.07) is 5.03. The lowest BCUT2D eigenvalue weighted by Gasteiger charge is -2.20. The maximum Gasteiger partial charge on any atom is 0.259 e. The van der Waals surface area contributed by atoms with Gasteiger partial charge in [0.05, 0.1) is 11.5 Å². The van der Waals surface area contributed by atoms with Crippen molar-refractivity contribution in [2.75, 3.05) is 12.0 Å². The Morgan fingerprint density at radius 1 is 1.20 bits per heavy atom. The largest absolute Gasteiger partial charge is 0.394 e. The molecule has 0 radical (unpaired) electrons. The highest BCUT2D eigenvalue weighted by atomic mass is 32.2. The van der Waals surface area contributed by atoms with Gasteiger partial charge >= 0.3 is 0 Å². The van der Waals surface area contributed by atoms with Crippen LogP contribution in [0.4, 0.5) is 0 Å². The number of hydrogen-bond donors (Lipinski definition) is 3. The van der Waals surface area contributed by atoms with Gasteiger partial charge in [-0.05, 0) is 23.1 Å². The normalized spacial score (nSPS) is 13.4. The lowest BCUT2D eigenvalue weighted by atomic mass is 9.87. The van der Waals surface area contributed by atoms with Crippen LogP contribution in [0.3, 0.4) is 0 Å². The van der Waals surface area contributed by atoms with Crippen LogP contribution in [-0.4, -0.2) is 47.0 Å². The molecule has 1 aromatic carbocycles. The van der Waals surface area contributed by atoms with Gasteiger partial charge in [0.2, 0.25) is 10.0 Å². The van der Waals surface area contributed by atoms with Crippen LogP contribution in [0.15, 0.2) is 41.8 Å². The fraction of sp³-hybridized carbons (Fsp3) is 0.400. The third kappa shape index (κ3) is 4.84. The van der Waals surface area contributed by atoms with Crippen LogP contribution in [0.5, 0.6) is 0 Å². The Labute approximate surface area is 146 Å². The van der Waals surface area contributed by atoms with Crippen LogP contribution >= 0.6 is 0 Å². The summed E-state index contributed by atoms with van der Waals surface area (Å²) in [7, 11) is -3.97. The number of benzene rings is 1. The van der Waals surface area contributed by atoms with Gasteiger partial charge in [0, 0.05) is 0 Å². The van der Waals surface area contributed by atoms with E-state index in [1.54, 1.807) is 12.1 Å². The van der Waals surface area contributed by atoms with E-state index < -0.39 is 28.6 Å². The number of aliphatic hydroxyl groups is 1. The first-order valence-electron chi connectivity index (χ1n) is 7.53. The van der Waals surface area contributed by atoms with Crippen LogP contribution in [0, 0.1) is 0 Å². The van der Waals surface area contributed by atoms with Crippen LogP contribution in [0.1, 0.15) is 26.3 Å². The molecule has 9 nitrogen and oxygen atoms in total. The fourth-order valence-corrected chi connectivity index (χ4v) is 3.21. The molecule has 0 saturated heterocycles. The van der Waals surface area contributed by atoms with E-state index in [-0.39, 0.29) is 10.3 Å². The van der Waals surface area contributed by atoms with E-state index in [9.17, 15) is 18.3 Å². The minimum atomic E-state index is -3.97. The predicted octanol–water partition coefficient (Wildman–Crippen LogP) is -0.0149. The Morgan fingerprint density at radius 2 is 1.76 bits per heavy atom. The van der Waals surface area contributed by atoms with Gasteiger partial charge in [0.15, 0.2) is 0 Å². The van der Waals surface area contributed by atoms with Crippen molar-refractivity contribution in [1.82, 2.24) is 19.6 Å². The monoisotopic (exact) mass is 367 g/mol. The van der Waals surface area contributed by atoms with Crippen LogP contribution < -0.4 is 10.1 Å². The van der Waals surface area contributed by atoms with Crippen molar-refractivity contribution in [3.63, 3.8) is 0 Å². The van der Waals surface area contributed by atoms with Crippen molar-refractivity contribution < 1.29 is 18.3 Å². The number of carbonyl (C=O) groups excluding carboxylic acids is 1. The molecule has 0 aliphatic heterocycles. The second-order valence-corrected chi connectivity index (χ2v) is 8.19. The smallest absolute Gasteiger partial charge is 0.259 e. The number of carbonyl (C=O) groups is 1. The van der Waals surface area contributed by atoms with Crippen LogP contribution in [-0.2, 0) is 20.2 Å². The topological polar surface area (TPSA) is 126 Å². The van der Waals surface area contributed by atoms with Gasteiger partial charge in [-0.15, -0.1) is 10.2 Å². The number of nitrogens with zero attached hydrogens (tertiary/aromatic N) is 3. The Hall–Kier alpha value is -2.30. The summed E-state index contributed by atoms with van der Waals surface area (Å²) in [5.74, 6) is -0.739. The summed E-state index contributed by atoms with van der Waals surface area (Å²) >= 11 is 0. The summed E-state index contributed by atoms with van der Waals surface area (Å²) in [6.45, 7) is 5.36. The standard InChI is InChI=1S/C15H21N5O4S/c1-15(2,3)11-4-6-12(7-5-11)25(23,24)19-13(8-21)14(22)18-20-9-16-17-10-20/h4-7,9-10,13,19,21H,8H2,1-3H3,(H,18,22). The van der Waals surface area contributed by atoms with Gasteiger partial charge in [-0.25, -0.2) is 13.1 Å². The molecule has 25 heavy (non-hydrogen) atoms. The Balaban J connectivity index is 2.14. The first-order chi connectivity index (χ1) is 11.6. The zero-order chi connectivity index (χ0) is 18.7. The van der Waals surface area contributed by atoms with E-state index in [2.05, 4.69) is 20.3 Å². The van der Waals surface area contributed by atoms with Gasteiger partial charge < -0.3 is 5.11 Å². The number of sulfonamides is 1. The summed E-state index contributed by atoms with van der Waals surface area (Å²) in [6.07, 6.45) is 2.46. The molecule has 0 fully saturated rings. The average Bonchev–Trinajstić information content (AvgIpc) is 3.04. The predicted molar refractivity (Wildman–Crippen MR) is 90.7 cm³/mol. The molecule has 0 spiro atoms. The summed E-state index contributed by atoms with van der Waals surface area (Å²) in [5.41, 5.74) is 3.21. The van der Waals surface area contributed by atoms with E-state index in [0.29, 0.717) is 0 Å². The minimum absolute atomic E-state index is 0.0102. The second kappa shape index (κ2) is 7.30. The molecular formula is C15H21N5O4S.